The molecule has 0 aliphatic heterocycles. The van der Waals surface area contributed by atoms with E-state index in [1.54, 1.807) is 0 Å². The van der Waals surface area contributed by atoms with Gasteiger partial charge >= 0.3 is 0 Å². The Labute approximate surface area is 142 Å². The zero-order chi connectivity index (χ0) is 17.4. The predicted octanol–water partition coefficient (Wildman–Crippen LogP) is 5.81. The Morgan fingerprint density at radius 2 is 0.909 bits per heavy atom. The van der Waals surface area contributed by atoms with Crippen LogP contribution in [0.25, 0.3) is 0 Å². The van der Waals surface area contributed by atoms with Crippen LogP contribution in [0.2, 0.25) is 0 Å². The molecule has 0 saturated carbocycles. The van der Waals surface area contributed by atoms with Crippen LogP contribution in [-0.2, 0) is 0 Å². The Hall–Kier alpha value is -0.0800. The Morgan fingerprint density at radius 1 is 0.591 bits per heavy atom. The zero-order valence-corrected chi connectivity index (χ0v) is 17.1. The number of nitrogens with zero attached hydrogens (tertiary/aromatic N) is 2. The van der Waals surface area contributed by atoms with Crippen molar-refractivity contribution in [1.82, 2.24) is 9.80 Å². The van der Waals surface area contributed by atoms with Crippen molar-refractivity contribution in [2.24, 2.45) is 0 Å². The van der Waals surface area contributed by atoms with E-state index in [0.717, 1.165) is 6.54 Å². The van der Waals surface area contributed by atoms with Gasteiger partial charge in [-0.25, -0.2) is 0 Å². The van der Waals surface area contributed by atoms with Crippen LogP contribution in [0.4, 0.5) is 0 Å². The largest absolute Gasteiger partial charge is 0.303 e. The van der Waals surface area contributed by atoms with Gasteiger partial charge in [0.25, 0.3) is 0 Å². The summed E-state index contributed by atoms with van der Waals surface area (Å²) >= 11 is 0. The smallest absolute Gasteiger partial charge is 0.00411 e. The van der Waals surface area contributed by atoms with Crippen LogP contribution in [0.1, 0.15) is 93.9 Å². The SMILES string of the molecule is CCCCN(CCCC)CCCC.CCN(C(C)C)C(C)C. The van der Waals surface area contributed by atoms with Crippen molar-refractivity contribution < 1.29 is 0 Å². The molecule has 0 aromatic rings. The van der Waals surface area contributed by atoms with E-state index in [-0.39, 0.29) is 0 Å². The minimum atomic E-state index is 0.690. The summed E-state index contributed by atoms with van der Waals surface area (Å²) < 4.78 is 0. The lowest BCUT2D eigenvalue weighted by atomic mass is 10.2. The van der Waals surface area contributed by atoms with Gasteiger partial charge in [0.15, 0.2) is 0 Å². The molecule has 0 fully saturated rings. The van der Waals surface area contributed by atoms with Gasteiger partial charge in [-0.1, -0.05) is 47.0 Å². The molecule has 0 atom stereocenters. The quantitative estimate of drug-likeness (QED) is 0.448. The van der Waals surface area contributed by atoms with E-state index in [9.17, 15) is 0 Å². The molecular weight excluding hydrogens is 268 g/mol. The first-order valence-corrected chi connectivity index (χ1v) is 9.92. The molecule has 0 aliphatic carbocycles. The first kappa shape index (κ1) is 24.2. The van der Waals surface area contributed by atoms with Crippen molar-refractivity contribution in [3.05, 3.63) is 0 Å². The Kier molecular flexibility index (Phi) is 19.0. The second-order valence-electron chi connectivity index (χ2n) is 6.92. The van der Waals surface area contributed by atoms with E-state index >= 15 is 0 Å². The molecule has 22 heavy (non-hydrogen) atoms. The van der Waals surface area contributed by atoms with Gasteiger partial charge in [0.2, 0.25) is 0 Å². The normalized spacial score (nSPS) is 11.5. The van der Waals surface area contributed by atoms with Gasteiger partial charge in [0.1, 0.15) is 0 Å². The fourth-order valence-corrected chi connectivity index (χ4v) is 2.81. The molecule has 0 amide bonds. The van der Waals surface area contributed by atoms with Crippen LogP contribution >= 0.6 is 0 Å². The molecule has 136 valence electrons. The highest BCUT2D eigenvalue weighted by molar-refractivity contribution is 4.64. The summed E-state index contributed by atoms with van der Waals surface area (Å²) in [6.45, 7) is 23.1. The summed E-state index contributed by atoms with van der Waals surface area (Å²) in [4.78, 5) is 5.09. The summed E-state index contributed by atoms with van der Waals surface area (Å²) in [5, 5.41) is 0. The van der Waals surface area contributed by atoms with Gasteiger partial charge in [0, 0.05) is 12.1 Å². The molecule has 0 N–H and O–H groups in total. The van der Waals surface area contributed by atoms with Crippen LogP contribution in [0.15, 0.2) is 0 Å². The molecular formula is C20H46N2. The monoisotopic (exact) mass is 314 g/mol. The van der Waals surface area contributed by atoms with Crippen LogP contribution < -0.4 is 0 Å². The van der Waals surface area contributed by atoms with Crippen LogP contribution in [0, 0.1) is 0 Å². The molecule has 0 spiro atoms. The fraction of sp³-hybridized carbons (Fsp3) is 1.00. The van der Waals surface area contributed by atoms with E-state index < -0.39 is 0 Å². The second-order valence-corrected chi connectivity index (χ2v) is 6.92. The zero-order valence-electron chi connectivity index (χ0n) is 17.1. The van der Waals surface area contributed by atoms with E-state index in [4.69, 9.17) is 0 Å². The molecule has 2 nitrogen and oxygen atoms in total. The van der Waals surface area contributed by atoms with Crippen LogP contribution in [0.3, 0.4) is 0 Å². The number of rotatable bonds is 12. The first-order chi connectivity index (χ1) is 10.4. The predicted molar refractivity (Wildman–Crippen MR) is 104 cm³/mol. The number of unbranched alkanes of at least 4 members (excludes halogenated alkanes) is 3. The third kappa shape index (κ3) is 14.8. The van der Waals surface area contributed by atoms with Crippen LogP contribution in [-0.4, -0.2) is 48.1 Å². The van der Waals surface area contributed by atoms with E-state index in [1.165, 1.54) is 58.2 Å². The van der Waals surface area contributed by atoms with Gasteiger partial charge in [-0.15, -0.1) is 0 Å². The highest BCUT2D eigenvalue weighted by Gasteiger charge is 2.09. The summed E-state index contributed by atoms with van der Waals surface area (Å²) in [6.07, 6.45) is 8.09. The number of hydrogen-bond donors (Lipinski definition) is 0. The molecule has 2 heteroatoms. The van der Waals surface area contributed by atoms with Crippen molar-refractivity contribution in [3.8, 4) is 0 Å². The maximum absolute atomic E-state index is 2.64. The standard InChI is InChI=1S/C12H27N.C8H19N/c1-4-7-10-13(11-8-5-2)12-9-6-3;1-6-9(7(2)3)8(4)5/h4-12H2,1-3H3;7-8H,6H2,1-5H3. The van der Waals surface area contributed by atoms with Gasteiger partial charge in [-0.2, -0.15) is 0 Å². The molecule has 0 aromatic carbocycles. The van der Waals surface area contributed by atoms with Crippen molar-refractivity contribution in [3.63, 3.8) is 0 Å². The molecule has 0 unspecified atom stereocenters. The summed E-state index contributed by atoms with van der Waals surface area (Å²) in [5.41, 5.74) is 0. The molecule has 0 rings (SSSR count). The fourth-order valence-electron chi connectivity index (χ4n) is 2.81. The third-order valence-electron chi connectivity index (χ3n) is 4.18. The minimum absolute atomic E-state index is 0.690. The Bertz CT molecular complexity index is 175. The topological polar surface area (TPSA) is 6.48 Å². The van der Waals surface area contributed by atoms with E-state index in [0.29, 0.717) is 12.1 Å². The highest BCUT2D eigenvalue weighted by Crippen LogP contribution is 2.03. The molecule has 0 aromatic heterocycles. The van der Waals surface area contributed by atoms with Crippen molar-refractivity contribution in [1.29, 1.82) is 0 Å². The summed E-state index contributed by atoms with van der Waals surface area (Å²) in [5.74, 6) is 0. The Morgan fingerprint density at radius 3 is 1.05 bits per heavy atom. The van der Waals surface area contributed by atoms with Gasteiger partial charge in [-0.05, 0) is 73.1 Å². The maximum Gasteiger partial charge on any atom is 0.00411 e. The second kappa shape index (κ2) is 17.3. The lowest BCUT2D eigenvalue weighted by Gasteiger charge is -2.28. The molecule has 0 saturated heterocycles. The lowest BCUT2D eigenvalue weighted by molar-refractivity contribution is 0.185. The molecule has 0 heterocycles. The van der Waals surface area contributed by atoms with E-state index in [2.05, 4.69) is 65.2 Å². The average Bonchev–Trinajstić information content (AvgIpc) is 2.47. The van der Waals surface area contributed by atoms with Gasteiger partial charge < -0.3 is 4.90 Å². The maximum atomic E-state index is 2.64. The molecule has 0 radical (unpaired) electrons. The van der Waals surface area contributed by atoms with Crippen LogP contribution in [0.5, 0.6) is 0 Å². The van der Waals surface area contributed by atoms with Gasteiger partial charge in [-0.3, -0.25) is 4.90 Å². The highest BCUT2D eigenvalue weighted by atomic mass is 15.2. The molecule has 0 bridgehead atoms. The van der Waals surface area contributed by atoms with Crippen molar-refractivity contribution in [2.45, 2.75) is 106 Å². The van der Waals surface area contributed by atoms with Crippen molar-refractivity contribution in [2.75, 3.05) is 26.2 Å². The summed E-state index contributed by atoms with van der Waals surface area (Å²) in [7, 11) is 0. The number of hydrogen-bond acceptors (Lipinski definition) is 2. The first-order valence-electron chi connectivity index (χ1n) is 9.92. The third-order valence-corrected chi connectivity index (χ3v) is 4.18. The van der Waals surface area contributed by atoms with Gasteiger partial charge in [0.05, 0.1) is 0 Å². The summed E-state index contributed by atoms with van der Waals surface area (Å²) in [6, 6.07) is 1.38. The minimum Gasteiger partial charge on any atom is -0.303 e. The Balaban J connectivity index is 0. The lowest BCUT2D eigenvalue weighted by Crippen LogP contribution is -2.36. The average molecular weight is 315 g/mol. The van der Waals surface area contributed by atoms with E-state index in [1.807, 2.05) is 0 Å². The van der Waals surface area contributed by atoms with Crippen molar-refractivity contribution >= 4 is 0 Å². The molecule has 0 aliphatic rings.